The van der Waals surface area contributed by atoms with E-state index in [1.54, 1.807) is 0 Å². The van der Waals surface area contributed by atoms with Gasteiger partial charge in [0.05, 0.1) is 0 Å². The van der Waals surface area contributed by atoms with Crippen molar-refractivity contribution in [1.29, 1.82) is 0 Å². The average molecular weight is 223 g/mol. The highest BCUT2D eigenvalue weighted by molar-refractivity contribution is 5.28. The van der Waals surface area contributed by atoms with E-state index < -0.39 is 0 Å². The van der Waals surface area contributed by atoms with Gasteiger partial charge in [0.15, 0.2) is 0 Å². The van der Waals surface area contributed by atoms with Crippen molar-refractivity contribution in [2.45, 2.75) is 19.8 Å². The second-order valence-electron chi connectivity index (χ2n) is 4.36. The molecule has 2 nitrogen and oxygen atoms in total. The summed E-state index contributed by atoms with van der Waals surface area (Å²) in [5.74, 6) is 0.410. The number of halogens is 1. The highest BCUT2D eigenvalue weighted by Gasteiger charge is 2.10. The van der Waals surface area contributed by atoms with Gasteiger partial charge in [-0.1, -0.05) is 0 Å². The van der Waals surface area contributed by atoms with Gasteiger partial charge in [-0.05, 0) is 50.6 Å². The predicted octanol–water partition coefficient (Wildman–Crippen LogP) is 2.61. The standard InChI is InChI=1S/C13H18FNO/c1-11-8-12(14)10-13(9-11)16-7-6-15-4-2-3-5-15/h8-10H,2-7H2,1H3. The van der Waals surface area contributed by atoms with E-state index in [-0.39, 0.29) is 5.82 Å². The summed E-state index contributed by atoms with van der Waals surface area (Å²) >= 11 is 0. The van der Waals surface area contributed by atoms with E-state index in [0.29, 0.717) is 12.4 Å². The van der Waals surface area contributed by atoms with Crippen molar-refractivity contribution in [3.63, 3.8) is 0 Å². The van der Waals surface area contributed by atoms with Gasteiger partial charge in [-0.3, -0.25) is 4.90 Å². The fourth-order valence-corrected chi connectivity index (χ4v) is 2.08. The Hall–Kier alpha value is -1.09. The van der Waals surface area contributed by atoms with E-state index in [1.165, 1.54) is 38.1 Å². The van der Waals surface area contributed by atoms with Gasteiger partial charge in [0.25, 0.3) is 0 Å². The molecule has 0 unspecified atom stereocenters. The third-order valence-electron chi connectivity index (χ3n) is 2.89. The van der Waals surface area contributed by atoms with Crippen molar-refractivity contribution in [3.8, 4) is 5.75 Å². The van der Waals surface area contributed by atoms with Crippen LogP contribution in [-0.2, 0) is 0 Å². The van der Waals surface area contributed by atoms with Crippen LogP contribution in [0.4, 0.5) is 4.39 Å². The molecule has 1 aliphatic heterocycles. The molecular weight excluding hydrogens is 205 g/mol. The maximum absolute atomic E-state index is 13.1. The molecule has 0 radical (unpaired) electrons. The summed E-state index contributed by atoms with van der Waals surface area (Å²) in [6, 6.07) is 4.82. The molecule has 0 atom stereocenters. The van der Waals surface area contributed by atoms with Gasteiger partial charge in [-0.25, -0.2) is 4.39 Å². The Kier molecular flexibility index (Phi) is 3.78. The van der Waals surface area contributed by atoms with Crippen molar-refractivity contribution in [2.24, 2.45) is 0 Å². The van der Waals surface area contributed by atoms with Gasteiger partial charge < -0.3 is 4.74 Å². The Morgan fingerprint density at radius 2 is 2.00 bits per heavy atom. The zero-order valence-corrected chi connectivity index (χ0v) is 9.71. The molecule has 88 valence electrons. The summed E-state index contributed by atoms with van der Waals surface area (Å²) in [5, 5.41) is 0. The van der Waals surface area contributed by atoms with Crippen LogP contribution in [-0.4, -0.2) is 31.1 Å². The molecule has 1 fully saturated rings. The molecule has 0 aromatic heterocycles. The molecule has 0 amide bonds. The van der Waals surface area contributed by atoms with E-state index in [9.17, 15) is 4.39 Å². The molecule has 0 saturated carbocycles. The van der Waals surface area contributed by atoms with E-state index in [4.69, 9.17) is 4.74 Å². The highest BCUT2D eigenvalue weighted by Crippen LogP contribution is 2.16. The van der Waals surface area contributed by atoms with Crippen molar-refractivity contribution in [2.75, 3.05) is 26.2 Å². The fourth-order valence-electron chi connectivity index (χ4n) is 2.08. The first-order valence-corrected chi connectivity index (χ1v) is 5.86. The normalized spacial score (nSPS) is 16.6. The Labute approximate surface area is 96.0 Å². The molecule has 1 aliphatic rings. The van der Waals surface area contributed by atoms with Crippen molar-refractivity contribution >= 4 is 0 Å². The van der Waals surface area contributed by atoms with Crippen LogP contribution in [0.2, 0.25) is 0 Å². The Bertz CT molecular complexity index is 328. The summed E-state index contributed by atoms with van der Waals surface area (Å²) < 4.78 is 18.6. The van der Waals surface area contributed by atoms with Crippen LogP contribution in [0.3, 0.4) is 0 Å². The van der Waals surface area contributed by atoms with Crippen LogP contribution in [0.15, 0.2) is 18.2 Å². The molecule has 0 N–H and O–H groups in total. The lowest BCUT2D eigenvalue weighted by Gasteiger charge is -2.15. The second-order valence-corrected chi connectivity index (χ2v) is 4.36. The summed E-state index contributed by atoms with van der Waals surface area (Å²) in [4.78, 5) is 2.38. The SMILES string of the molecule is Cc1cc(F)cc(OCCN2CCCC2)c1. The molecule has 3 heteroatoms. The molecule has 16 heavy (non-hydrogen) atoms. The third-order valence-corrected chi connectivity index (χ3v) is 2.89. The van der Waals surface area contributed by atoms with Crippen molar-refractivity contribution in [1.82, 2.24) is 4.90 Å². The van der Waals surface area contributed by atoms with Crippen molar-refractivity contribution < 1.29 is 9.13 Å². The fraction of sp³-hybridized carbons (Fsp3) is 0.538. The lowest BCUT2D eigenvalue weighted by molar-refractivity contribution is 0.237. The summed E-state index contributed by atoms with van der Waals surface area (Å²) in [5.41, 5.74) is 0.899. The van der Waals surface area contributed by atoms with Crippen LogP contribution in [0.5, 0.6) is 5.75 Å². The summed E-state index contributed by atoms with van der Waals surface area (Å²) in [7, 11) is 0. The third kappa shape index (κ3) is 3.20. The van der Waals surface area contributed by atoms with E-state index in [0.717, 1.165) is 12.1 Å². The molecule has 1 heterocycles. The van der Waals surface area contributed by atoms with Crippen LogP contribution in [0.25, 0.3) is 0 Å². The number of benzene rings is 1. The lowest BCUT2D eigenvalue weighted by Crippen LogP contribution is -2.25. The minimum Gasteiger partial charge on any atom is -0.492 e. The zero-order chi connectivity index (χ0) is 11.4. The molecular formula is C13H18FNO. The molecule has 0 spiro atoms. The summed E-state index contributed by atoms with van der Waals surface area (Å²) in [6.07, 6.45) is 2.58. The first-order chi connectivity index (χ1) is 7.74. The summed E-state index contributed by atoms with van der Waals surface area (Å²) in [6.45, 7) is 5.80. The minimum atomic E-state index is -0.226. The number of hydrogen-bond donors (Lipinski definition) is 0. The van der Waals surface area contributed by atoms with Gasteiger partial charge >= 0.3 is 0 Å². The van der Waals surface area contributed by atoms with Crippen LogP contribution in [0, 0.1) is 12.7 Å². The smallest absolute Gasteiger partial charge is 0.127 e. The lowest BCUT2D eigenvalue weighted by atomic mass is 10.2. The van der Waals surface area contributed by atoms with Crippen LogP contribution >= 0.6 is 0 Å². The molecule has 1 aromatic rings. The van der Waals surface area contributed by atoms with Gasteiger partial charge in [0.1, 0.15) is 18.2 Å². The number of aryl methyl sites for hydroxylation is 1. The highest BCUT2D eigenvalue weighted by atomic mass is 19.1. The van der Waals surface area contributed by atoms with E-state index >= 15 is 0 Å². The van der Waals surface area contributed by atoms with Gasteiger partial charge in [0, 0.05) is 12.6 Å². The van der Waals surface area contributed by atoms with Crippen molar-refractivity contribution in [3.05, 3.63) is 29.6 Å². The molecule has 1 saturated heterocycles. The quantitative estimate of drug-likeness (QED) is 0.778. The van der Waals surface area contributed by atoms with Crippen LogP contribution in [0.1, 0.15) is 18.4 Å². The predicted molar refractivity (Wildman–Crippen MR) is 62.3 cm³/mol. The van der Waals surface area contributed by atoms with E-state index in [2.05, 4.69) is 4.90 Å². The number of hydrogen-bond acceptors (Lipinski definition) is 2. The minimum absolute atomic E-state index is 0.226. The Morgan fingerprint density at radius 3 is 2.69 bits per heavy atom. The maximum atomic E-state index is 13.1. The number of likely N-dealkylation sites (tertiary alicyclic amines) is 1. The Balaban J connectivity index is 1.80. The Morgan fingerprint density at radius 1 is 1.25 bits per heavy atom. The maximum Gasteiger partial charge on any atom is 0.127 e. The topological polar surface area (TPSA) is 12.5 Å². The first-order valence-electron chi connectivity index (χ1n) is 5.86. The van der Waals surface area contributed by atoms with Gasteiger partial charge in [-0.2, -0.15) is 0 Å². The first kappa shape index (κ1) is 11.4. The monoisotopic (exact) mass is 223 g/mol. The van der Waals surface area contributed by atoms with Gasteiger partial charge in [-0.15, -0.1) is 0 Å². The number of rotatable bonds is 4. The van der Waals surface area contributed by atoms with Gasteiger partial charge in [0.2, 0.25) is 0 Å². The molecule has 2 rings (SSSR count). The molecule has 1 aromatic carbocycles. The second kappa shape index (κ2) is 5.30. The van der Waals surface area contributed by atoms with E-state index in [1.807, 2.05) is 13.0 Å². The van der Waals surface area contributed by atoms with Crippen LogP contribution < -0.4 is 4.74 Å². The number of nitrogens with zero attached hydrogens (tertiary/aromatic N) is 1. The average Bonchev–Trinajstić information content (AvgIpc) is 2.69. The zero-order valence-electron chi connectivity index (χ0n) is 9.71. The largest absolute Gasteiger partial charge is 0.492 e. The number of ether oxygens (including phenoxy) is 1. The molecule has 0 bridgehead atoms. The molecule has 0 aliphatic carbocycles.